The van der Waals surface area contributed by atoms with E-state index >= 15 is 0 Å². The van der Waals surface area contributed by atoms with E-state index < -0.39 is 0 Å². The molecule has 0 unspecified atom stereocenters. The normalized spacial score (nSPS) is 10.4. The van der Waals surface area contributed by atoms with Crippen LogP contribution in [0.3, 0.4) is 0 Å². The molecular weight excluding hydrogens is 212 g/mol. The van der Waals surface area contributed by atoms with Gasteiger partial charge in [0.2, 0.25) is 0 Å². The minimum absolute atomic E-state index is 0.325. The Balaban J connectivity index is 1.71. The van der Waals surface area contributed by atoms with Crippen molar-refractivity contribution < 1.29 is 5.11 Å². The second-order valence-corrected chi connectivity index (χ2v) is 4.04. The van der Waals surface area contributed by atoms with Crippen LogP contribution in [0, 0.1) is 0 Å². The Labute approximate surface area is 101 Å². The Morgan fingerprint density at radius 3 is 2.24 bits per heavy atom. The van der Waals surface area contributed by atoms with Crippen molar-refractivity contribution in [3.05, 3.63) is 54.1 Å². The average Bonchev–Trinajstić information content (AvgIpc) is 2.38. The Morgan fingerprint density at radius 2 is 1.53 bits per heavy atom. The predicted octanol–water partition coefficient (Wildman–Crippen LogP) is 2.75. The van der Waals surface area contributed by atoms with Gasteiger partial charge in [-0.15, -0.1) is 0 Å². The van der Waals surface area contributed by atoms with E-state index in [4.69, 9.17) is 5.11 Å². The number of nitrogens with zero attached hydrogens (tertiary/aromatic N) is 2. The second kappa shape index (κ2) is 5.99. The van der Waals surface area contributed by atoms with Gasteiger partial charge in [0.25, 0.3) is 0 Å². The smallest absolute Gasteiger partial charge is 0.128 e. The fourth-order valence-electron chi connectivity index (χ4n) is 1.73. The summed E-state index contributed by atoms with van der Waals surface area (Å²) in [6.45, 7) is 0. The zero-order chi connectivity index (χ0) is 11.9. The quantitative estimate of drug-likeness (QED) is 0.800. The molecule has 0 spiro atoms. The van der Waals surface area contributed by atoms with Crippen molar-refractivity contribution in [3.8, 4) is 5.75 Å². The summed E-state index contributed by atoms with van der Waals surface area (Å²) in [5.41, 5.74) is 1.26. The number of benzene rings is 1. The maximum atomic E-state index is 9.16. The number of aryl methyl sites for hydroxylation is 2. The van der Waals surface area contributed by atoms with E-state index in [2.05, 4.69) is 9.97 Å². The Hall–Kier alpha value is -1.90. The summed E-state index contributed by atoms with van der Waals surface area (Å²) < 4.78 is 0. The highest BCUT2D eigenvalue weighted by Gasteiger charge is 1.97. The molecule has 1 aromatic carbocycles. The van der Waals surface area contributed by atoms with Gasteiger partial charge in [-0.2, -0.15) is 0 Å². The summed E-state index contributed by atoms with van der Waals surface area (Å²) >= 11 is 0. The Bertz CT molecular complexity index is 440. The summed E-state index contributed by atoms with van der Waals surface area (Å²) in [4.78, 5) is 8.38. The maximum Gasteiger partial charge on any atom is 0.128 e. The molecule has 0 aliphatic carbocycles. The molecule has 0 amide bonds. The molecular formula is C14H16N2O. The molecule has 17 heavy (non-hydrogen) atoms. The van der Waals surface area contributed by atoms with Crippen LogP contribution in [-0.4, -0.2) is 15.1 Å². The summed E-state index contributed by atoms with van der Waals surface area (Å²) in [6, 6.07) is 9.23. The third-order valence-corrected chi connectivity index (χ3v) is 2.67. The number of hydrogen-bond donors (Lipinski definition) is 1. The van der Waals surface area contributed by atoms with Gasteiger partial charge in [0.15, 0.2) is 0 Å². The van der Waals surface area contributed by atoms with Crippen LogP contribution in [0.1, 0.15) is 24.2 Å². The lowest BCUT2D eigenvalue weighted by molar-refractivity contribution is 0.475. The van der Waals surface area contributed by atoms with E-state index in [-0.39, 0.29) is 0 Å². The molecule has 0 radical (unpaired) electrons. The second-order valence-electron chi connectivity index (χ2n) is 4.04. The first-order valence-electron chi connectivity index (χ1n) is 5.88. The van der Waals surface area contributed by atoms with Crippen molar-refractivity contribution in [1.29, 1.82) is 0 Å². The molecule has 1 N–H and O–H groups in total. The first kappa shape index (κ1) is 11.6. The van der Waals surface area contributed by atoms with Gasteiger partial charge in [0, 0.05) is 18.8 Å². The van der Waals surface area contributed by atoms with Crippen LogP contribution in [0.15, 0.2) is 42.7 Å². The molecule has 0 bridgehead atoms. The third kappa shape index (κ3) is 3.87. The Kier molecular flexibility index (Phi) is 4.08. The van der Waals surface area contributed by atoms with Crippen molar-refractivity contribution in [2.24, 2.45) is 0 Å². The molecule has 88 valence electrons. The molecule has 2 rings (SSSR count). The molecule has 0 atom stereocenters. The van der Waals surface area contributed by atoms with Crippen LogP contribution < -0.4 is 0 Å². The maximum absolute atomic E-state index is 9.16. The number of phenols is 1. The van der Waals surface area contributed by atoms with Crippen molar-refractivity contribution in [1.82, 2.24) is 9.97 Å². The number of aromatic hydroxyl groups is 1. The zero-order valence-corrected chi connectivity index (χ0v) is 9.71. The largest absolute Gasteiger partial charge is 0.508 e. The van der Waals surface area contributed by atoms with Gasteiger partial charge in [-0.05, 0) is 43.0 Å². The number of rotatable bonds is 5. The number of aromatic nitrogens is 2. The van der Waals surface area contributed by atoms with Gasteiger partial charge in [0.1, 0.15) is 11.6 Å². The third-order valence-electron chi connectivity index (χ3n) is 2.67. The number of hydrogen-bond acceptors (Lipinski definition) is 3. The van der Waals surface area contributed by atoms with E-state index in [1.54, 1.807) is 24.5 Å². The molecule has 3 heteroatoms. The minimum atomic E-state index is 0.325. The van der Waals surface area contributed by atoms with E-state index in [1.807, 2.05) is 18.2 Å². The predicted molar refractivity (Wildman–Crippen MR) is 66.8 cm³/mol. The van der Waals surface area contributed by atoms with Gasteiger partial charge >= 0.3 is 0 Å². The zero-order valence-electron chi connectivity index (χ0n) is 9.71. The molecule has 2 aromatic rings. The monoisotopic (exact) mass is 228 g/mol. The van der Waals surface area contributed by atoms with Crippen LogP contribution in [-0.2, 0) is 12.8 Å². The lowest BCUT2D eigenvalue weighted by Gasteiger charge is -2.01. The van der Waals surface area contributed by atoms with Crippen LogP contribution >= 0.6 is 0 Å². The van der Waals surface area contributed by atoms with Crippen LogP contribution in [0.4, 0.5) is 0 Å². The molecule has 3 nitrogen and oxygen atoms in total. The summed E-state index contributed by atoms with van der Waals surface area (Å²) in [6.07, 6.45) is 7.73. The van der Waals surface area contributed by atoms with E-state index in [0.717, 1.165) is 31.5 Å². The standard InChI is InChI=1S/C14H16N2O/c17-13-8-6-12(7-9-13)4-1-2-5-14-15-10-3-11-16-14/h3,6-11,17H,1-2,4-5H2. The summed E-state index contributed by atoms with van der Waals surface area (Å²) in [5, 5.41) is 9.16. The van der Waals surface area contributed by atoms with Gasteiger partial charge in [-0.1, -0.05) is 12.1 Å². The lowest BCUT2D eigenvalue weighted by Crippen LogP contribution is -1.94. The minimum Gasteiger partial charge on any atom is -0.508 e. The van der Waals surface area contributed by atoms with Crippen molar-refractivity contribution in [2.75, 3.05) is 0 Å². The molecule has 1 aromatic heterocycles. The van der Waals surface area contributed by atoms with Crippen LogP contribution in [0.2, 0.25) is 0 Å². The number of phenolic OH excluding ortho intramolecular Hbond substituents is 1. The highest BCUT2D eigenvalue weighted by atomic mass is 16.3. The highest BCUT2D eigenvalue weighted by Crippen LogP contribution is 2.12. The van der Waals surface area contributed by atoms with Crippen LogP contribution in [0.5, 0.6) is 5.75 Å². The van der Waals surface area contributed by atoms with E-state index in [0.29, 0.717) is 5.75 Å². The molecule has 0 aliphatic heterocycles. The van der Waals surface area contributed by atoms with Crippen LogP contribution in [0.25, 0.3) is 0 Å². The number of unbranched alkanes of at least 4 members (excludes halogenated alkanes) is 1. The van der Waals surface area contributed by atoms with Crippen molar-refractivity contribution >= 4 is 0 Å². The first-order chi connectivity index (χ1) is 8.34. The highest BCUT2D eigenvalue weighted by molar-refractivity contribution is 5.25. The van der Waals surface area contributed by atoms with Gasteiger partial charge in [-0.25, -0.2) is 9.97 Å². The molecule has 1 heterocycles. The molecule has 0 fully saturated rings. The molecule has 0 saturated heterocycles. The average molecular weight is 228 g/mol. The topological polar surface area (TPSA) is 46.0 Å². The van der Waals surface area contributed by atoms with Gasteiger partial charge < -0.3 is 5.11 Å². The summed E-state index contributed by atoms with van der Waals surface area (Å²) in [5.74, 6) is 1.24. The molecule has 0 aliphatic rings. The summed E-state index contributed by atoms with van der Waals surface area (Å²) in [7, 11) is 0. The van der Waals surface area contributed by atoms with Gasteiger partial charge in [0.05, 0.1) is 0 Å². The first-order valence-corrected chi connectivity index (χ1v) is 5.88. The fraction of sp³-hybridized carbons (Fsp3) is 0.286. The van der Waals surface area contributed by atoms with E-state index in [1.165, 1.54) is 5.56 Å². The lowest BCUT2D eigenvalue weighted by atomic mass is 10.1. The van der Waals surface area contributed by atoms with Crippen molar-refractivity contribution in [3.63, 3.8) is 0 Å². The van der Waals surface area contributed by atoms with E-state index in [9.17, 15) is 0 Å². The Morgan fingerprint density at radius 1 is 0.882 bits per heavy atom. The molecule has 0 saturated carbocycles. The van der Waals surface area contributed by atoms with Gasteiger partial charge in [-0.3, -0.25) is 0 Å². The SMILES string of the molecule is Oc1ccc(CCCCc2ncccn2)cc1. The fourth-order valence-corrected chi connectivity index (χ4v) is 1.73. The van der Waals surface area contributed by atoms with Crippen molar-refractivity contribution in [2.45, 2.75) is 25.7 Å².